The maximum absolute atomic E-state index is 12.9. The van der Waals surface area contributed by atoms with E-state index in [9.17, 15) is 14.0 Å². The van der Waals surface area contributed by atoms with Gasteiger partial charge in [0.1, 0.15) is 5.82 Å². The quantitative estimate of drug-likeness (QED) is 0.892. The van der Waals surface area contributed by atoms with Crippen molar-refractivity contribution < 1.29 is 23.5 Å². The molecular formula is C19H19FN2O4. The van der Waals surface area contributed by atoms with Crippen LogP contribution in [0.4, 0.5) is 15.8 Å². The van der Waals surface area contributed by atoms with Crippen molar-refractivity contribution in [2.45, 2.75) is 6.42 Å². The van der Waals surface area contributed by atoms with Crippen LogP contribution in [0.25, 0.3) is 0 Å². The van der Waals surface area contributed by atoms with E-state index in [0.717, 1.165) is 0 Å². The zero-order valence-electron chi connectivity index (χ0n) is 14.5. The Kier molecular flexibility index (Phi) is 5.06. The Balaban J connectivity index is 1.72. The molecule has 6 nitrogen and oxygen atoms in total. The molecule has 1 saturated heterocycles. The van der Waals surface area contributed by atoms with E-state index < -0.39 is 5.92 Å². The third-order valence-electron chi connectivity index (χ3n) is 4.29. The first-order valence-corrected chi connectivity index (χ1v) is 8.10. The smallest absolute Gasteiger partial charge is 0.229 e. The summed E-state index contributed by atoms with van der Waals surface area (Å²) in [5.74, 6) is -0.200. The number of rotatable bonds is 5. The van der Waals surface area contributed by atoms with Gasteiger partial charge in [-0.05, 0) is 36.4 Å². The van der Waals surface area contributed by atoms with Crippen LogP contribution >= 0.6 is 0 Å². The van der Waals surface area contributed by atoms with E-state index in [1.54, 1.807) is 23.1 Å². The number of nitrogens with zero attached hydrogens (tertiary/aromatic N) is 1. The fourth-order valence-electron chi connectivity index (χ4n) is 2.90. The van der Waals surface area contributed by atoms with E-state index in [1.807, 2.05) is 0 Å². The summed E-state index contributed by atoms with van der Waals surface area (Å²) in [4.78, 5) is 26.3. The van der Waals surface area contributed by atoms with Crippen LogP contribution in [-0.4, -0.2) is 32.6 Å². The first kappa shape index (κ1) is 17.7. The fourth-order valence-corrected chi connectivity index (χ4v) is 2.90. The number of carbonyl (C=O) groups excluding carboxylic acids is 2. The summed E-state index contributed by atoms with van der Waals surface area (Å²) in [5, 5.41) is 2.72. The molecule has 0 aliphatic carbocycles. The molecular weight excluding hydrogens is 339 g/mol. The Labute approximate surface area is 150 Å². The normalized spacial score (nSPS) is 16.5. The number of ether oxygens (including phenoxy) is 2. The third-order valence-corrected chi connectivity index (χ3v) is 4.29. The molecule has 7 heteroatoms. The second kappa shape index (κ2) is 7.43. The van der Waals surface area contributed by atoms with E-state index in [-0.39, 0.29) is 30.6 Å². The number of benzene rings is 2. The number of methoxy groups -OCH3 is 2. The Morgan fingerprint density at radius 2 is 1.81 bits per heavy atom. The summed E-state index contributed by atoms with van der Waals surface area (Å²) < 4.78 is 23.4. The third kappa shape index (κ3) is 3.61. The van der Waals surface area contributed by atoms with Crippen LogP contribution in [0.5, 0.6) is 11.5 Å². The van der Waals surface area contributed by atoms with Gasteiger partial charge in [-0.15, -0.1) is 0 Å². The first-order chi connectivity index (χ1) is 12.5. The Bertz CT molecular complexity index is 823. The largest absolute Gasteiger partial charge is 0.493 e. The highest BCUT2D eigenvalue weighted by Crippen LogP contribution is 2.34. The van der Waals surface area contributed by atoms with Gasteiger partial charge in [-0.1, -0.05) is 0 Å². The van der Waals surface area contributed by atoms with Gasteiger partial charge in [0, 0.05) is 30.4 Å². The van der Waals surface area contributed by atoms with Gasteiger partial charge in [-0.25, -0.2) is 4.39 Å². The zero-order valence-corrected chi connectivity index (χ0v) is 14.5. The predicted molar refractivity (Wildman–Crippen MR) is 95.0 cm³/mol. The van der Waals surface area contributed by atoms with Gasteiger partial charge in [0.25, 0.3) is 0 Å². The maximum atomic E-state index is 12.9. The minimum Gasteiger partial charge on any atom is -0.493 e. The molecule has 1 atom stereocenters. The molecule has 0 aromatic heterocycles. The van der Waals surface area contributed by atoms with Gasteiger partial charge in [-0.3, -0.25) is 9.59 Å². The number of amides is 2. The number of carbonyl (C=O) groups is 2. The van der Waals surface area contributed by atoms with Crippen LogP contribution in [0, 0.1) is 11.7 Å². The molecule has 2 aromatic carbocycles. The predicted octanol–water partition coefficient (Wildman–Crippen LogP) is 2.83. The lowest BCUT2D eigenvalue weighted by Crippen LogP contribution is -2.28. The second-order valence-electron chi connectivity index (χ2n) is 5.94. The first-order valence-electron chi connectivity index (χ1n) is 8.10. The molecule has 1 heterocycles. The fraction of sp³-hybridized carbons (Fsp3) is 0.263. The van der Waals surface area contributed by atoms with Crippen LogP contribution in [0.2, 0.25) is 0 Å². The topological polar surface area (TPSA) is 67.9 Å². The molecule has 0 radical (unpaired) electrons. The van der Waals surface area contributed by atoms with Crippen molar-refractivity contribution in [3.05, 3.63) is 48.3 Å². The molecule has 2 amide bonds. The number of hydrogen-bond acceptors (Lipinski definition) is 4. The standard InChI is InChI=1S/C19H19FN2O4/c1-25-16-8-7-15(10-17(16)26-2)22-11-12(9-18(22)23)19(24)21-14-5-3-13(20)4-6-14/h3-8,10,12H,9,11H2,1-2H3,(H,21,24). The molecule has 1 N–H and O–H groups in total. The second-order valence-corrected chi connectivity index (χ2v) is 5.94. The van der Waals surface area contributed by atoms with Crippen molar-refractivity contribution >= 4 is 23.2 Å². The highest BCUT2D eigenvalue weighted by atomic mass is 19.1. The Morgan fingerprint density at radius 3 is 2.46 bits per heavy atom. The SMILES string of the molecule is COc1ccc(N2CC(C(=O)Nc3ccc(F)cc3)CC2=O)cc1OC. The van der Waals surface area contributed by atoms with Crippen molar-refractivity contribution in [3.63, 3.8) is 0 Å². The number of halogens is 1. The molecule has 1 unspecified atom stereocenters. The maximum Gasteiger partial charge on any atom is 0.229 e. The van der Waals surface area contributed by atoms with E-state index in [4.69, 9.17) is 9.47 Å². The summed E-state index contributed by atoms with van der Waals surface area (Å²) >= 11 is 0. The summed E-state index contributed by atoms with van der Waals surface area (Å²) in [5.41, 5.74) is 1.14. The average Bonchev–Trinajstić information content (AvgIpc) is 3.05. The highest BCUT2D eigenvalue weighted by Gasteiger charge is 2.35. The highest BCUT2D eigenvalue weighted by molar-refractivity contribution is 6.03. The summed E-state index contributed by atoms with van der Waals surface area (Å²) in [6.07, 6.45) is 0.112. The number of hydrogen-bond donors (Lipinski definition) is 1. The molecule has 26 heavy (non-hydrogen) atoms. The lowest BCUT2D eigenvalue weighted by atomic mass is 10.1. The van der Waals surface area contributed by atoms with Gasteiger partial charge >= 0.3 is 0 Å². The number of nitrogens with one attached hydrogen (secondary N) is 1. The number of anilines is 2. The van der Waals surface area contributed by atoms with Crippen LogP contribution in [0.15, 0.2) is 42.5 Å². The van der Waals surface area contributed by atoms with Gasteiger partial charge in [-0.2, -0.15) is 0 Å². The van der Waals surface area contributed by atoms with Crippen molar-refractivity contribution in [1.82, 2.24) is 0 Å². The van der Waals surface area contributed by atoms with Gasteiger partial charge in [0.2, 0.25) is 11.8 Å². The summed E-state index contributed by atoms with van der Waals surface area (Å²) in [6, 6.07) is 10.7. The molecule has 136 valence electrons. The van der Waals surface area contributed by atoms with E-state index >= 15 is 0 Å². The van der Waals surface area contributed by atoms with E-state index in [2.05, 4.69) is 5.32 Å². The minimum atomic E-state index is -0.486. The summed E-state index contributed by atoms with van der Waals surface area (Å²) in [6.45, 7) is 0.265. The van der Waals surface area contributed by atoms with Crippen LogP contribution < -0.4 is 19.7 Å². The Hall–Kier alpha value is -3.09. The van der Waals surface area contributed by atoms with Crippen LogP contribution in [0.3, 0.4) is 0 Å². The van der Waals surface area contributed by atoms with Crippen molar-refractivity contribution in [1.29, 1.82) is 0 Å². The molecule has 0 saturated carbocycles. The lowest BCUT2D eigenvalue weighted by Gasteiger charge is -2.18. The average molecular weight is 358 g/mol. The molecule has 1 aliphatic heterocycles. The van der Waals surface area contributed by atoms with Gasteiger partial charge in [0.05, 0.1) is 20.1 Å². The molecule has 2 aromatic rings. The monoisotopic (exact) mass is 358 g/mol. The van der Waals surface area contributed by atoms with Crippen molar-refractivity contribution in [2.75, 3.05) is 31.0 Å². The summed E-state index contributed by atoms with van der Waals surface area (Å²) in [7, 11) is 3.06. The molecule has 3 rings (SSSR count). The van der Waals surface area contributed by atoms with Gasteiger partial charge < -0.3 is 19.7 Å². The van der Waals surface area contributed by atoms with E-state index in [1.165, 1.54) is 38.5 Å². The van der Waals surface area contributed by atoms with Crippen LogP contribution in [0.1, 0.15) is 6.42 Å². The van der Waals surface area contributed by atoms with E-state index in [0.29, 0.717) is 22.9 Å². The molecule has 0 bridgehead atoms. The molecule has 1 fully saturated rings. The van der Waals surface area contributed by atoms with Crippen molar-refractivity contribution in [3.8, 4) is 11.5 Å². The van der Waals surface area contributed by atoms with Crippen LogP contribution in [-0.2, 0) is 9.59 Å². The zero-order chi connectivity index (χ0) is 18.7. The minimum absolute atomic E-state index is 0.112. The Morgan fingerprint density at radius 1 is 1.12 bits per heavy atom. The molecule has 0 spiro atoms. The molecule has 1 aliphatic rings. The van der Waals surface area contributed by atoms with Gasteiger partial charge in [0.15, 0.2) is 11.5 Å². The lowest BCUT2D eigenvalue weighted by molar-refractivity contribution is -0.122. The van der Waals surface area contributed by atoms with Crippen molar-refractivity contribution in [2.24, 2.45) is 5.92 Å².